The molecule has 0 amide bonds. The molecule has 0 nitrogen and oxygen atoms in total. The summed E-state index contributed by atoms with van der Waals surface area (Å²) in [6.07, 6.45) is 11.6. The zero-order valence-electron chi connectivity index (χ0n) is 10.5. The smallest absolute Gasteiger partial charge is 0.00326 e. The van der Waals surface area contributed by atoms with E-state index in [1.54, 1.807) is 0 Å². The fraction of sp³-hybridized carbons (Fsp3) is 0.333. The van der Waals surface area contributed by atoms with Crippen LogP contribution in [0.25, 0.3) is 0 Å². The molecule has 0 unspecified atom stereocenters. The lowest BCUT2D eigenvalue weighted by Gasteiger charge is -2.07. The summed E-state index contributed by atoms with van der Waals surface area (Å²) in [5.74, 6) is 0. The Morgan fingerprint density at radius 1 is 1.25 bits per heavy atom. The van der Waals surface area contributed by atoms with Gasteiger partial charge in [-0.2, -0.15) is 0 Å². The van der Waals surface area contributed by atoms with Gasteiger partial charge in [0.05, 0.1) is 0 Å². The minimum absolute atomic E-state index is 1.02. The van der Waals surface area contributed by atoms with Crippen molar-refractivity contribution in [2.45, 2.75) is 34.1 Å². The fourth-order valence-electron chi connectivity index (χ4n) is 1.83. The van der Waals surface area contributed by atoms with Crippen molar-refractivity contribution >= 4 is 12.6 Å². The molecule has 0 aromatic carbocycles. The van der Waals surface area contributed by atoms with Crippen LogP contribution in [0, 0.1) is 0 Å². The van der Waals surface area contributed by atoms with Gasteiger partial charge in [-0.3, -0.25) is 0 Å². The minimum Gasteiger partial charge on any atom is -0.143 e. The van der Waals surface area contributed by atoms with Crippen molar-refractivity contribution in [1.29, 1.82) is 0 Å². The van der Waals surface area contributed by atoms with E-state index in [1.165, 1.54) is 22.3 Å². The first-order chi connectivity index (χ1) is 7.56. The third kappa shape index (κ3) is 3.28. The van der Waals surface area contributed by atoms with Crippen LogP contribution >= 0.6 is 12.6 Å². The Bertz CT molecular complexity index is 415. The molecule has 86 valence electrons. The van der Waals surface area contributed by atoms with E-state index in [-0.39, 0.29) is 0 Å². The monoisotopic (exact) mass is 232 g/mol. The molecule has 0 saturated carbocycles. The maximum atomic E-state index is 4.48. The molecule has 0 radical (unpaired) electrons. The van der Waals surface area contributed by atoms with E-state index in [4.69, 9.17) is 0 Å². The first-order valence-electron chi connectivity index (χ1n) is 5.62. The Kier molecular flexibility index (Phi) is 4.88. The van der Waals surface area contributed by atoms with Crippen LogP contribution in [-0.4, -0.2) is 0 Å². The largest absolute Gasteiger partial charge is 0.143 e. The van der Waals surface area contributed by atoms with Gasteiger partial charge >= 0.3 is 0 Å². The maximum Gasteiger partial charge on any atom is 0.00326 e. The molecule has 0 aliphatic heterocycles. The van der Waals surface area contributed by atoms with Gasteiger partial charge in [0.15, 0.2) is 0 Å². The highest BCUT2D eigenvalue weighted by Gasteiger charge is 2.07. The van der Waals surface area contributed by atoms with Crippen molar-refractivity contribution in [2.24, 2.45) is 0 Å². The first-order valence-corrected chi connectivity index (χ1v) is 6.07. The van der Waals surface area contributed by atoms with Crippen LogP contribution in [0.4, 0.5) is 0 Å². The van der Waals surface area contributed by atoms with Crippen molar-refractivity contribution in [1.82, 2.24) is 0 Å². The van der Waals surface area contributed by atoms with Gasteiger partial charge in [-0.25, -0.2) is 0 Å². The third-order valence-corrected chi connectivity index (χ3v) is 3.33. The molecule has 0 aromatic heterocycles. The van der Waals surface area contributed by atoms with Gasteiger partial charge in [-0.15, -0.1) is 12.6 Å². The zero-order chi connectivity index (χ0) is 12.1. The minimum atomic E-state index is 1.02. The predicted molar refractivity (Wildman–Crippen MR) is 76.7 cm³/mol. The summed E-state index contributed by atoms with van der Waals surface area (Å²) in [7, 11) is 0. The van der Waals surface area contributed by atoms with E-state index in [1.807, 2.05) is 13.0 Å². The van der Waals surface area contributed by atoms with Crippen LogP contribution < -0.4 is 0 Å². The first kappa shape index (κ1) is 13.1. The number of thiol groups is 1. The maximum absolute atomic E-state index is 4.48. The van der Waals surface area contributed by atoms with Crippen LogP contribution in [-0.2, 0) is 0 Å². The summed E-state index contributed by atoms with van der Waals surface area (Å²) >= 11 is 4.48. The summed E-state index contributed by atoms with van der Waals surface area (Å²) in [5.41, 5.74) is 5.39. The highest BCUT2D eigenvalue weighted by molar-refractivity contribution is 7.84. The van der Waals surface area contributed by atoms with E-state index in [2.05, 4.69) is 57.7 Å². The predicted octanol–water partition coefficient (Wildman–Crippen LogP) is 4.99. The number of hydrogen-bond acceptors (Lipinski definition) is 1. The quantitative estimate of drug-likeness (QED) is 0.503. The van der Waals surface area contributed by atoms with Crippen molar-refractivity contribution in [3.8, 4) is 0 Å². The zero-order valence-corrected chi connectivity index (χ0v) is 11.4. The second kappa shape index (κ2) is 5.95. The molecule has 0 spiro atoms. The molecule has 0 atom stereocenters. The molecule has 0 aromatic rings. The van der Waals surface area contributed by atoms with Crippen molar-refractivity contribution in [2.75, 3.05) is 0 Å². The van der Waals surface area contributed by atoms with E-state index < -0.39 is 0 Å². The summed E-state index contributed by atoms with van der Waals surface area (Å²) in [5, 5.41) is 0. The van der Waals surface area contributed by atoms with E-state index >= 15 is 0 Å². The number of allylic oxidation sites excluding steroid dienone is 9. The molecule has 0 bridgehead atoms. The van der Waals surface area contributed by atoms with Gasteiger partial charge in [0.2, 0.25) is 0 Å². The Hall–Kier alpha value is -0.950. The van der Waals surface area contributed by atoms with Gasteiger partial charge in [-0.05, 0) is 51.3 Å². The summed E-state index contributed by atoms with van der Waals surface area (Å²) < 4.78 is 0. The highest BCUT2D eigenvalue weighted by atomic mass is 32.1. The lowest BCUT2D eigenvalue weighted by Crippen LogP contribution is -1.88. The lowest BCUT2D eigenvalue weighted by molar-refractivity contribution is 1.09. The van der Waals surface area contributed by atoms with Crippen LogP contribution in [0.3, 0.4) is 0 Å². The normalized spacial score (nSPS) is 18.7. The Balaban J connectivity index is 3.07. The van der Waals surface area contributed by atoms with Crippen molar-refractivity contribution < 1.29 is 0 Å². The van der Waals surface area contributed by atoms with Gasteiger partial charge in [0, 0.05) is 4.91 Å². The Morgan fingerprint density at radius 3 is 2.56 bits per heavy atom. The molecular formula is C15H20S. The molecule has 0 saturated heterocycles. The molecule has 0 fully saturated rings. The molecule has 1 heteroatoms. The molecule has 1 rings (SSSR count). The molecule has 0 heterocycles. The lowest BCUT2D eigenvalue weighted by atomic mass is 9.98. The summed E-state index contributed by atoms with van der Waals surface area (Å²) in [6.45, 7) is 8.53. The van der Waals surface area contributed by atoms with Crippen LogP contribution in [0.15, 0.2) is 57.6 Å². The van der Waals surface area contributed by atoms with Crippen molar-refractivity contribution in [3.63, 3.8) is 0 Å². The standard InChI is InChI=1S/C15H20S/c1-5-6-7-11(2)14-8-9-15(16)13(4)10-12(14)3/h5-9,16H,10H2,1-4H3/b6-5-,11-7+. The highest BCUT2D eigenvalue weighted by Crippen LogP contribution is 2.28. The molecular weight excluding hydrogens is 212 g/mol. The second-order valence-electron chi connectivity index (χ2n) is 4.25. The Labute approximate surface area is 105 Å². The van der Waals surface area contributed by atoms with Gasteiger partial charge in [-0.1, -0.05) is 35.5 Å². The molecule has 1 aliphatic rings. The summed E-state index contributed by atoms with van der Waals surface area (Å²) in [6, 6.07) is 0. The fourth-order valence-corrected chi connectivity index (χ4v) is 1.98. The SMILES string of the molecule is C/C=C\C=C(/C)C1=C(C)CC(C)=C(S)C=C1. The Morgan fingerprint density at radius 2 is 1.94 bits per heavy atom. The number of rotatable bonds is 2. The van der Waals surface area contributed by atoms with Gasteiger partial charge in [0.25, 0.3) is 0 Å². The van der Waals surface area contributed by atoms with E-state index in [0.717, 1.165) is 11.3 Å². The van der Waals surface area contributed by atoms with E-state index in [0.29, 0.717) is 0 Å². The van der Waals surface area contributed by atoms with Gasteiger partial charge < -0.3 is 0 Å². The second-order valence-corrected chi connectivity index (χ2v) is 4.73. The average Bonchev–Trinajstić information content (AvgIpc) is 2.36. The third-order valence-electron chi connectivity index (χ3n) is 2.80. The average molecular weight is 232 g/mol. The van der Waals surface area contributed by atoms with Crippen molar-refractivity contribution in [3.05, 3.63) is 57.6 Å². The molecule has 1 aliphatic carbocycles. The topological polar surface area (TPSA) is 0 Å². The molecule has 0 N–H and O–H groups in total. The van der Waals surface area contributed by atoms with E-state index in [9.17, 15) is 0 Å². The molecule has 16 heavy (non-hydrogen) atoms. The van der Waals surface area contributed by atoms with Crippen LogP contribution in [0.2, 0.25) is 0 Å². The van der Waals surface area contributed by atoms with Gasteiger partial charge in [0.1, 0.15) is 0 Å². The van der Waals surface area contributed by atoms with Crippen LogP contribution in [0.5, 0.6) is 0 Å². The summed E-state index contributed by atoms with van der Waals surface area (Å²) in [4.78, 5) is 1.09. The van der Waals surface area contributed by atoms with Crippen LogP contribution in [0.1, 0.15) is 34.1 Å². The number of hydrogen-bond donors (Lipinski definition) is 1.